The van der Waals surface area contributed by atoms with Crippen molar-refractivity contribution in [2.45, 2.75) is 44.7 Å². The van der Waals surface area contributed by atoms with Crippen LogP contribution in [0.3, 0.4) is 0 Å². The Morgan fingerprint density at radius 2 is 1.95 bits per heavy atom. The number of nitrogens with zero attached hydrogens (tertiary/aromatic N) is 2. The molecule has 1 aromatic rings. The molecule has 1 aliphatic heterocycles. The van der Waals surface area contributed by atoms with Gasteiger partial charge in [-0.15, -0.1) is 0 Å². The fourth-order valence-electron chi connectivity index (χ4n) is 2.58. The van der Waals surface area contributed by atoms with Crippen LogP contribution in [0.5, 0.6) is 0 Å². The van der Waals surface area contributed by atoms with Crippen LogP contribution in [0.4, 0.5) is 5.69 Å². The number of rotatable bonds is 3. The van der Waals surface area contributed by atoms with E-state index in [0.717, 1.165) is 17.8 Å². The SMILES string of the molecule is CC1CC(Nc2ccc(C(C)(C)C#N)cc2)CN1C. The third-order valence-corrected chi connectivity index (χ3v) is 4.14. The third kappa shape index (κ3) is 3.08. The van der Waals surface area contributed by atoms with Gasteiger partial charge in [0.25, 0.3) is 0 Å². The Morgan fingerprint density at radius 3 is 2.42 bits per heavy atom. The molecule has 0 aromatic heterocycles. The minimum Gasteiger partial charge on any atom is -0.381 e. The number of likely N-dealkylation sites (tertiary alicyclic amines) is 1. The van der Waals surface area contributed by atoms with Crippen molar-refractivity contribution in [2.75, 3.05) is 18.9 Å². The highest BCUT2D eigenvalue weighted by atomic mass is 15.2. The number of nitriles is 1. The van der Waals surface area contributed by atoms with Crippen LogP contribution in [-0.2, 0) is 5.41 Å². The molecule has 1 N–H and O–H groups in total. The van der Waals surface area contributed by atoms with Gasteiger partial charge >= 0.3 is 0 Å². The largest absolute Gasteiger partial charge is 0.381 e. The normalized spacial score (nSPS) is 24.2. The lowest BCUT2D eigenvalue weighted by Crippen LogP contribution is -2.24. The van der Waals surface area contributed by atoms with E-state index in [4.69, 9.17) is 5.26 Å². The van der Waals surface area contributed by atoms with Crippen molar-refractivity contribution in [2.24, 2.45) is 0 Å². The smallest absolute Gasteiger partial charge is 0.0766 e. The first-order valence-electron chi connectivity index (χ1n) is 6.91. The summed E-state index contributed by atoms with van der Waals surface area (Å²) < 4.78 is 0. The number of hydrogen-bond donors (Lipinski definition) is 1. The summed E-state index contributed by atoms with van der Waals surface area (Å²) in [6.07, 6.45) is 1.18. The first-order chi connectivity index (χ1) is 8.92. The van der Waals surface area contributed by atoms with Crippen molar-refractivity contribution in [1.82, 2.24) is 4.90 Å². The maximum Gasteiger partial charge on any atom is 0.0766 e. The average Bonchev–Trinajstić information content (AvgIpc) is 2.69. The summed E-state index contributed by atoms with van der Waals surface area (Å²) in [5, 5.41) is 12.7. The predicted molar refractivity (Wildman–Crippen MR) is 79.2 cm³/mol. The fourth-order valence-corrected chi connectivity index (χ4v) is 2.58. The van der Waals surface area contributed by atoms with Crippen LogP contribution in [0.15, 0.2) is 24.3 Å². The van der Waals surface area contributed by atoms with Crippen molar-refractivity contribution >= 4 is 5.69 Å². The molecule has 1 fully saturated rings. The Labute approximate surface area is 116 Å². The molecular weight excluding hydrogens is 234 g/mol. The quantitative estimate of drug-likeness (QED) is 0.904. The predicted octanol–water partition coefficient (Wildman–Crippen LogP) is 2.99. The maximum absolute atomic E-state index is 9.13. The van der Waals surface area contributed by atoms with Crippen molar-refractivity contribution < 1.29 is 0 Å². The van der Waals surface area contributed by atoms with Crippen LogP contribution in [0.1, 0.15) is 32.8 Å². The fraction of sp³-hybridized carbons (Fsp3) is 0.562. The lowest BCUT2D eigenvalue weighted by Gasteiger charge is -2.18. The van der Waals surface area contributed by atoms with E-state index in [1.54, 1.807) is 0 Å². The number of likely N-dealkylation sites (N-methyl/N-ethyl adjacent to an activating group) is 1. The van der Waals surface area contributed by atoms with Gasteiger partial charge in [0.15, 0.2) is 0 Å². The molecule has 0 saturated carbocycles. The molecule has 2 atom stereocenters. The van der Waals surface area contributed by atoms with Crippen LogP contribution in [0, 0.1) is 11.3 Å². The summed E-state index contributed by atoms with van der Waals surface area (Å²) in [5.74, 6) is 0. The second-order valence-electron chi connectivity index (χ2n) is 6.18. The monoisotopic (exact) mass is 257 g/mol. The van der Waals surface area contributed by atoms with Gasteiger partial charge in [-0.25, -0.2) is 0 Å². The van der Waals surface area contributed by atoms with Gasteiger partial charge in [-0.05, 0) is 51.9 Å². The van der Waals surface area contributed by atoms with Crippen molar-refractivity contribution in [3.05, 3.63) is 29.8 Å². The molecule has 3 nitrogen and oxygen atoms in total. The van der Waals surface area contributed by atoms with Gasteiger partial charge in [-0.3, -0.25) is 0 Å². The van der Waals surface area contributed by atoms with E-state index in [2.05, 4.69) is 42.4 Å². The van der Waals surface area contributed by atoms with E-state index < -0.39 is 5.41 Å². The first-order valence-corrected chi connectivity index (χ1v) is 6.91. The molecule has 2 unspecified atom stereocenters. The summed E-state index contributed by atoms with van der Waals surface area (Å²) in [6.45, 7) is 7.25. The second kappa shape index (κ2) is 5.22. The summed E-state index contributed by atoms with van der Waals surface area (Å²) in [6, 6.07) is 11.8. The zero-order valence-electron chi connectivity index (χ0n) is 12.3. The molecule has 3 heteroatoms. The Morgan fingerprint density at radius 1 is 1.32 bits per heavy atom. The van der Waals surface area contributed by atoms with Crippen LogP contribution < -0.4 is 5.32 Å². The molecule has 1 saturated heterocycles. The highest BCUT2D eigenvalue weighted by Crippen LogP contribution is 2.25. The van der Waals surface area contributed by atoms with Gasteiger partial charge in [0, 0.05) is 24.3 Å². The van der Waals surface area contributed by atoms with E-state index in [1.807, 2.05) is 26.0 Å². The lowest BCUT2D eigenvalue weighted by atomic mass is 9.86. The van der Waals surface area contributed by atoms with E-state index in [0.29, 0.717) is 12.1 Å². The summed E-state index contributed by atoms with van der Waals surface area (Å²) >= 11 is 0. The molecule has 0 radical (unpaired) electrons. The van der Waals surface area contributed by atoms with E-state index in [1.165, 1.54) is 6.42 Å². The van der Waals surface area contributed by atoms with Gasteiger partial charge in [0.1, 0.15) is 0 Å². The first kappa shape index (κ1) is 13.9. The zero-order chi connectivity index (χ0) is 14.0. The van der Waals surface area contributed by atoms with E-state index in [9.17, 15) is 0 Å². The Bertz CT molecular complexity index is 460. The minimum absolute atomic E-state index is 0.416. The Hall–Kier alpha value is -1.53. The molecule has 102 valence electrons. The molecule has 1 aromatic carbocycles. The van der Waals surface area contributed by atoms with Crippen molar-refractivity contribution in [1.29, 1.82) is 5.26 Å². The second-order valence-corrected chi connectivity index (χ2v) is 6.18. The molecule has 0 spiro atoms. The molecule has 0 aliphatic carbocycles. The van der Waals surface area contributed by atoms with E-state index >= 15 is 0 Å². The highest BCUT2D eigenvalue weighted by molar-refractivity contribution is 5.48. The number of nitrogens with one attached hydrogen (secondary N) is 1. The molecule has 19 heavy (non-hydrogen) atoms. The van der Waals surface area contributed by atoms with Crippen molar-refractivity contribution in [3.8, 4) is 6.07 Å². The van der Waals surface area contributed by atoms with Crippen molar-refractivity contribution in [3.63, 3.8) is 0 Å². The lowest BCUT2D eigenvalue weighted by molar-refractivity contribution is 0.330. The van der Waals surface area contributed by atoms with Crippen LogP contribution >= 0.6 is 0 Å². The Kier molecular flexibility index (Phi) is 3.82. The third-order valence-electron chi connectivity index (χ3n) is 4.14. The van der Waals surface area contributed by atoms with Crippen LogP contribution in [0.2, 0.25) is 0 Å². The topological polar surface area (TPSA) is 39.1 Å². The molecule has 1 aliphatic rings. The van der Waals surface area contributed by atoms with Gasteiger partial charge < -0.3 is 10.2 Å². The molecule has 0 amide bonds. The zero-order valence-corrected chi connectivity index (χ0v) is 12.3. The number of hydrogen-bond acceptors (Lipinski definition) is 3. The minimum atomic E-state index is -0.416. The van der Waals surface area contributed by atoms with E-state index in [-0.39, 0.29) is 0 Å². The molecule has 2 rings (SSSR count). The average molecular weight is 257 g/mol. The van der Waals surface area contributed by atoms with Crippen LogP contribution in [-0.4, -0.2) is 30.6 Å². The molecule has 1 heterocycles. The molecular formula is C16H23N3. The number of anilines is 1. The standard InChI is InChI=1S/C16H23N3/c1-12-9-15(10-19(12)4)18-14-7-5-13(6-8-14)16(2,3)11-17/h5-8,12,15,18H,9-10H2,1-4H3. The number of benzene rings is 1. The van der Waals surface area contributed by atoms with Crippen LogP contribution in [0.25, 0.3) is 0 Å². The summed E-state index contributed by atoms with van der Waals surface area (Å²) in [7, 11) is 2.17. The van der Waals surface area contributed by atoms with Gasteiger partial charge in [0.2, 0.25) is 0 Å². The highest BCUT2D eigenvalue weighted by Gasteiger charge is 2.26. The van der Waals surface area contributed by atoms with Gasteiger partial charge in [-0.2, -0.15) is 5.26 Å². The summed E-state index contributed by atoms with van der Waals surface area (Å²) in [4.78, 5) is 2.38. The summed E-state index contributed by atoms with van der Waals surface area (Å²) in [5.41, 5.74) is 1.79. The van der Waals surface area contributed by atoms with Gasteiger partial charge in [-0.1, -0.05) is 12.1 Å². The maximum atomic E-state index is 9.13. The Balaban J connectivity index is 2.02. The van der Waals surface area contributed by atoms with Gasteiger partial charge in [0.05, 0.1) is 11.5 Å². The molecule has 0 bridgehead atoms.